The molecule has 39 heavy (non-hydrogen) atoms. The van der Waals surface area contributed by atoms with Crippen LogP contribution in [-0.2, 0) is 17.8 Å². The lowest BCUT2D eigenvalue weighted by Crippen LogP contribution is -2.45. The number of pyridine rings is 1. The van der Waals surface area contributed by atoms with Crippen LogP contribution in [0.5, 0.6) is 5.75 Å². The van der Waals surface area contributed by atoms with Crippen LogP contribution in [-0.4, -0.2) is 73.1 Å². The van der Waals surface area contributed by atoms with Crippen molar-refractivity contribution in [3.63, 3.8) is 0 Å². The zero-order valence-corrected chi connectivity index (χ0v) is 22.5. The molecule has 2 aliphatic heterocycles. The summed E-state index contributed by atoms with van der Waals surface area (Å²) in [6, 6.07) is 8.64. The maximum absolute atomic E-state index is 14.1. The molecule has 2 N–H and O–H groups in total. The lowest BCUT2D eigenvalue weighted by Gasteiger charge is -2.37. The van der Waals surface area contributed by atoms with Crippen LogP contribution < -0.4 is 15.7 Å². The Morgan fingerprint density at radius 1 is 1.21 bits per heavy atom. The summed E-state index contributed by atoms with van der Waals surface area (Å²) in [6.07, 6.45) is 6.34. The Hall–Kier alpha value is -3.57. The van der Waals surface area contributed by atoms with Gasteiger partial charge in [0.2, 0.25) is 5.91 Å². The number of fused-ring (bicyclic) bond motifs is 2. The van der Waals surface area contributed by atoms with E-state index in [1.54, 1.807) is 12.3 Å². The Labute approximate surface area is 226 Å². The highest BCUT2D eigenvalue weighted by Gasteiger charge is 2.39. The van der Waals surface area contributed by atoms with Gasteiger partial charge in [0.25, 0.3) is 0 Å². The smallest absolute Gasteiger partial charge is 0.352 e. The number of carbonyl (C=O) groups is 1. The third kappa shape index (κ3) is 5.74. The maximum atomic E-state index is 14.1. The van der Waals surface area contributed by atoms with Gasteiger partial charge in [0.15, 0.2) is 23.2 Å². The summed E-state index contributed by atoms with van der Waals surface area (Å²) < 4.78 is 21.6. The number of ether oxygens (including phenoxy) is 1. The molecule has 1 aromatic carbocycles. The predicted octanol–water partition coefficient (Wildman–Crippen LogP) is 2.30. The molecule has 5 rings (SSSR count). The summed E-state index contributed by atoms with van der Waals surface area (Å²) in [5.74, 6) is -0.358. The third-order valence-corrected chi connectivity index (χ3v) is 7.57. The van der Waals surface area contributed by atoms with E-state index in [1.165, 1.54) is 29.9 Å². The van der Waals surface area contributed by atoms with E-state index in [0.717, 1.165) is 48.9 Å². The number of piperidine rings is 1. The molecule has 2 atom stereocenters. The molecule has 0 spiro atoms. The number of nitrogens with one attached hydrogen (secondary N) is 1. The molecule has 2 unspecified atom stereocenters. The van der Waals surface area contributed by atoms with Crippen molar-refractivity contribution in [1.29, 1.82) is 0 Å². The molecule has 2 fully saturated rings. The van der Waals surface area contributed by atoms with Gasteiger partial charge in [-0.05, 0) is 75.8 Å². The van der Waals surface area contributed by atoms with E-state index in [-0.39, 0.29) is 36.2 Å². The number of amides is 1. The van der Waals surface area contributed by atoms with Gasteiger partial charge in [-0.2, -0.15) is 4.68 Å². The number of aliphatic hydroxyl groups is 1. The first-order valence-electron chi connectivity index (χ1n) is 13.5. The Balaban J connectivity index is 1.40. The van der Waals surface area contributed by atoms with Gasteiger partial charge in [-0.15, -0.1) is 5.10 Å². The molecule has 0 aliphatic carbocycles. The second-order valence-electron chi connectivity index (χ2n) is 10.7. The normalized spacial score (nSPS) is 20.9. The van der Waals surface area contributed by atoms with E-state index in [2.05, 4.69) is 20.3 Å². The van der Waals surface area contributed by atoms with Crippen molar-refractivity contribution < 1.29 is 19.0 Å². The van der Waals surface area contributed by atoms with Gasteiger partial charge in [0, 0.05) is 36.4 Å². The first kappa shape index (κ1) is 27.0. The standard InChI is InChI=1S/C28H35FN6O4/c1-17(2)31-26(37)16-34-27(19-5-8-23(29)24(12-19)39-3)32-35(28(34)38)25-9-4-18(15-30-25)10-11-33-20-6-7-21(33)14-22(36)13-20/h4-5,8-9,12,15,17,20-22,36H,6-7,10-11,13-14,16H2,1-3H3,(H,31,37). The van der Waals surface area contributed by atoms with E-state index in [0.29, 0.717) is 23.5 Å². The fourth-order valence-corrected chi connectivity index (χ4v) is 5.77. The first-order valence-corrected chi connectivity index (χ1v) is 13.5. The third-order valence-electron chi connectivity index (χ3n) is 7.57. The van der Waals surface area contributed by atoms with Crippen LogP contribution in [0, 0.1) is 5.82 Å². The number of halogens is 1. The van der Waals surface area contributed by atoms with Crippen LogP contribution in [0.15, 0.2) is 41.3 Å². The fraction of sp³-hybridized carbons (Fsp3) is 0.500. The molecule has 1 amide bonds. The first-order chi connectivity index (χ1) is 18.7. The molecule has 208 valence electrons. The van der Waals surface area contributed by atoms with E-state index in [1.807, 2.05) is 19.9 Å². The molecular formula is C28H35FN6O4. The van der Waals surface area contributed by atoms with E-state index < -0.39 is 11.5 Å². The predicted molar refractivity (Wildman–Crippen MR) is 143 cm³/mol. The minimum atomic E-state index is -0.543. The summed E-state index contributed by atoms with van der Waals surface area (Å²) in [6.45, 7) is 4.32. The number of hydrogen-bond acceptors (Lipinski definition) is 7. The quantitative estimate of drug-likeness (QED) is 0.430. The number of benzene rings is 1. The van der Waals surface area contributed by atoms with E-state index in [4.69, 9.17) is 4.74 Å². The number of aliphatic hydroxyl groups excluding tert-OH is 1. The number of carbonyl (C=O) groups excluding carboxylic acids is 1. The molecule has 2 aromatic heterocycles. The summed E-state index contributed by atoms with van der Waals surface area (Å²) in [4.78, 5) is 33.0. The monoisotopic (exact) mass is 538 g/mol. The van der Waals surface area contributed by atoms with Crippen molar-refractivity contribution in [2.24, 2.45) is 0 Å². The molecule has 2 aliphatic rings. The molecular weight excluding hydrogens is 503 g/mol. The molecule has 0 saturated carbocycles. The van der Waals surface area contributed by atoms with Crippen molar-refractivity contribution in [2.75, 3.05) is 13.7 Å². The van der Waals surface area contributed by atoms with Gasteiger partial charge in [-0.3, -0.25) is 14.3 Å². The van der Waals surface area contributed by atoms with Crippen molar-refractivity contribution in [1.82, 2.24) is 29.5 Å². The average molecular weight is 539 g/mol. The maximum Gasteiger partial charge on any atom is 0.352 e. The summed E-state index contributed by atoms with van der Waals surface area (Å²) in [7, 11) is 1.36. The highest BCUT2D eigenvalue weighted by molar-refractivity contribution is 5.76. The van der Waals surface area contributed by atoms with Crippen LogP contribution in [0.1, 0.15) is 45.1 Å². The number of nitrogens with zero attached hydrogens (tertiary/aromatic N) is 5. The fourth-order valence-electron chi connectivity index (χ4n) is 5.77. The van der Waals surface area contributed by atoms with Crippen molar-refractivity contribution in [3.05, 3.63) is 58.4 Å². The Kier molecular flexibility index (Phi) is 7.81. The second-order valence-corrected chi connectivity index (χ2v) is 10.7. The van der Waals surface area contributed by atoms with E-state index in [9.17, 15) is 19.1 Å². The minimum Gasteiger partial charge on any atom is -0.494 e. The van der Waals surface area contributed by atoms with Gasteiger partial charge in [-0.25, -0.2) is 14.2 Å². The highest BCUT2D eigenvalue weighted by Crippen LogP contribution is 2.35. The topological polar surface area (TPSA) is 115 Å². The molecule has 10 nitrogen and oxygen atoms in total. The molecule has 3 aromatic rings. The van der Waals surface area contributed by atoms with Gasteiger partial charge in [-0.1, -0.05) is 6.07 Å². The zero-order chi connectivity index (χ0) is 27.7. The van der Waals surface area contributed by atoms with Gasteiger partial charge in [0.1, 0.15) is 6.54 Å². The van der Waals surface area contributed by atoms with Crippen LogP contribution in [0.25, 0.3) is 17.2 Å². The van der Waals surface area contributed by atoms with Crippen molar-refractivity contribution in [2.45, 2.75) is 76.7 Å². The minimum absolute atomic E-state index is 0.00631. The van der Waals surface area contributed by atoms with Crippen molar-refractivity contribution in [3.8, 4) is 23.0 Å². The summed E-state index contributed by atoms with van der Waals surface area (Å²) >= 11 is 0. The summed E-state index contributed by atoms with van der Waals surface area (Å²) in [5, 5.41) is 17.3. The second kappa shape index (κ2) is 11.3. The molecule has 11 heteroatoms. The number of aromatic nitrogens is 4. The molecule has 2 bridgehead atoms. The van der Waals surface area contributed by atoms with Crippen LogP contribution in [0.4, 0.5) is 4.39 Å². The van der Waals surface area contributed by atoms with E-state index >= 15 is 0 Å². The zero-order valence-electron chi connectivity index (χ0n) is 22.5. The van der Waals surface area contributed by atoms with Crippen molar-refractivity contribution >= 4 is 5.91 Å². The largest absolute Gasteiger partial charge is 0.494 e. The summed E-state index contributed by atoms with van der Waals surface area (Å²) in [5.41, 5.74) is 0.937. The van der Waals surface area contributed by atoms with Gasteiger partial charge >= 0.3 is 5.69 Å². The number of methoxy groups -OCH3 is 1. The van der Waals surface area contributed by atoms with Crippen LogP contribution >= 0.6 is 0 Å². The molecule has 2 saturated heterocycles. The number of hydrogen-bond donors (Lipinski definition) is 2. The molecule has 4 heterocycles. The highest BCUT2D eigenvalue weighted by atomic mass is 19.1. The van der Waals surface area contributed by atoms with Gasteiger partial charge < -0.3 is 15.2 Å². The lowest BCUT2D eigenvalue weighted by atomic mass is 9.99. The Morgan fingerprint density at radius 3 is 2.59 bits per heavy atom. The SMILES string of the molecule is COc1cc(-c2nn(-c3ccc(CCN4C5CCC4CC(O)C5)cn3)c(=O)n2CC(=O)NC(C)C)ccc1F. The Bertz CT molecular complexity index is 1370. The van der Waals surface area contributed by atoms with Crippen LogP contribution in [0.3, 0.4) is 0 Å². The number of rotatable bonds is 9. The van der Waals surface area contributed by atoms with Gasteiger partial charge in [0.05, 0.1) is 13.2 Å². The Morgan fingerprint density at radius 2 is 1.95 bits per heavy atom. The molecule has 0 radical (unpaired) electrons. The van der Waals surface area contributed by atoms with Crippen LogP contribution in [0.2, 0.25) is 0 Å². The average Bonchev–Trinajstić information content (AvgIpc) is 3.35. The lowest BCUT2D eigenvalue weighted by molar-refractivity contribution is -0.122.